The number of sulfonamides is 1. The van der Waals surface area contributed by atoms with E-state index < -0.39 is 10.0 Å². The molecular formula is C21H23ClKN3O4S. The maximum atomic E-state index is 12.9. The van der Waals surface area contributed by atoms with Gasteiger partial charge >= 0.3 is 51.4 Å². The van der Waals surface area contributed by atoms with Crippen molar-refractivity contribution in [3.05, 3.63) is 65.6 Å². The molecule has 0 amide bonds. The number of halogens is 1. The van der Waals surface area contributed by atoms with Crippen LogP contribution in [-0.2, 0) is 15.4 Å². The van der Waals surface area contributed by atoms with Crippen LogP contribution in [0.1, 0.15) is 26.3 Å². The summed E-state index contributed by atoms with van der Waals surface area (Å²) >= 11 is 6.17. The number of hydrogen-bond acceptors (Lipinski definition) is 6. The Labute approximate surface area is 230 Å². The van der Waals surface area contributed by atoms with Gasteiger partial charge in [-0.15, -0.1) is 0 Å². The minimum atomic E-state index is -3.93. The molecule has 0 saturated carbocycles. The third-order valence-corrected chi connectivity index (χ3v) is 5.93. The average molecular weight is 488 g/mol. The molecule has 7 nitrogen and oxygen atoms in total. The first-order valence-corrected chi connectivity index (χ1v) is 10.9. The van der Waals surface area contributed by atoms with Gasteiger partial charge in [0.2, 0.25) is 5.75 Å². The number of methoxy groups -OCH3 is 1. The Morgan fingerprint density at radius 1 is 0.968 bits per heavy atom. The van der Waals surface area contributed by atoms with Crippen molar-refractivity contribution in [1.82, 2.24) is 9.97 Å². The van der Waals surface area contributed by atoms with Crippen molar-refractivity contribution in [2.75, 3.05) is 11.8 Å². The second kappa shape index (κ2) is 10.6. The molecule has 0 saturated heterocycles. The summed E-state index contributed by atoms with van der Waals surface area (Å²) in [4.78, 5) is 7.98. The summed E-state index contributed by atoms with van der Waals surface area (Å²) in [5, 5.41) is -0.0447. The van der Waals surface area contributed by atoms with Gasteiger partial charge in [0, 0.05) is 0 Å². The molecule has 2 aromatic carbocycles. The van der Waals surface area contributed by atoms with E-state index in [1.165, 1.54) is 7.11 Å². The van der Waals surface area contributed by atoms with Gasteiger partial charge in [-0.1, -0.05) is 56.6 Å². The Morgan fingerprint density at radius 2 is 1.58 bits per heavy atom. The molecule has 0 unspecified atom stereocenters. The van der Waals surface area contributed by atoms with E-state index in [1.807, 2.05) is 0 Å². The van der Waals surface area contributed by atoms with Gasteiger partial charge < -0.3 is 9.47 Å². The predicted octanol–water partition coefficient (Wildman–Crippen LogP) is 4.38. The zero-order chi connectivity index (χ0) is 21.9. The van der Waals surface area contributed by atoms with Gasteiger partial charge in [0.25, 0.3) is 10.0 Å². The van der Waals surface area contributed by atoms with E-state index in [4.69, 9.17) is 21.1 Å². The van der Waals surface area contributed by atoms with E-state index in [1.54, 1.807) is 48.5 Å². The molecule has 0 spiro atoms. The molecule has 0 fully saturated rings. The number of aromatic nitrogens is 2. The second-order valence-corrected chi connectivity index (χ2v) is 9.52. The first-order valence-electron chi connectivity index (χ1n) is 9.06. The number of ether oxygens (including phenoxy) is 2. The quantitative estimate of drug-likeness (QED) is 0.410. The molecule has 0 radical (unpaired) electrons. The zero-order valence-electron chi connectivity index (χ0n) is 17.0. The molecule has 0 aliphatic carbocycles. The van der Waals surface area contributed by atoms with Gasteiger partial charge in [-0.25, -0.2) is 18.4 Å². The summed E-state index contributed by atoms with van der Waals surface area (Å²) in [5.41, 5.74) is 0.928. The summed E-state index contributed by atoms with van der Waals surface area (Å²) in [5.74, 6) is 0.676. The normalized spacial score (nSPS) is 11.4. The van der Waals surface area contributed by atoms with Gasteiger partial charge in [-0.05, 0) is 35.2 Å². The molecule has 0 aliphatic heterocycles. The van der Waals surface area contributed by atoms with Crippen molar-refractivity contribution in [3.8, 4) is 17.2 Å². The Hall–Kier alpha value is -1.20. The summed E-state index contributed by atoms with van der Waals surface area (Å²) < 4.78 is 39.3. The van der Waals surface area contributed by atoms with Crippen LogP contribution in [0, 0.1) is 0 Å². The molecule has 1 N–H and O–H groups in total. The standard InChI is InChI=1S/C21H22ClN3O4S.K.H/c1-21(2,3)14-9-11-15(12-10-14)30(26,27)25-20-18(19(22)23-13-24-20)29-17-8-6-5-7-16(17)28-4;;/h5-13H,1-4H3,(H,23,24,25);;. The molecule has 3 aromatic rings. The van der Waals surface area contributed by atoms with Gasteiger partial charge in [-0.2, -0.15) is 0 Å². The number of nitrogens with zero attached hydrogens (tertiary/aromatic N) is 2. The molecule has 1 aromatic heterocycles. The third kappa shape index (κ3) is 6.41. The van der Waals surface area contributed by atoms with Crippen molar-refractivity contribution in [3.63, 3.8) is 0 Å². The third-order valence-electron chi connectivity index (χ3n) is 4.30. The van der Waals surface area contributed by atoms with Crippen LogP contribution in [-0.4, -0.2) is 76.9 Å². The van der Waals surface area contributed by atoms with Crippen LogP contribution in [0.5, 0.6) is 17.2 Å². The summed E-state index contributed by atoms with van der Waals surface area (Å²) in [7, 11) is -2.44. The molecule has 3 rings (SSSR count). The number of para-hydroxylation sites is 2. The first kappa shape index (κ1) is 26.1. The average Bonchev–Trinajstić information content (AvgIpc) is 2.70. The first-order chi connectivity index (χ1) is 14.1. The zero-order valence-corrected chi connectivity index (χ0v) is 18.6. The van der Waals surface area contributed by atoms with Crippen LogP contribution in [0.15, 0.2) is 59.8 Å². The molecule has 10 heteroatoms. The van der Waals surface area contributed by atoms with Crippen LogP contribution in [0.2, 0.25) is 5.15 Å². The van der Waals surface area contributed by atoms with Crippen molar-refractivity contribution >= 4 is 78.8 Å². The van der Waals surface area contributed by atoms with Crippen molar-refractivity contribution in [2.45, 2.75) is 31.1 Å². The molecule has 0 bridgehead atoms. The van der Waals surface area contributed by atoms with Crippen LogP contribution in [0.4, 0.5) is 5.82 Å². The Bertz CT molecular complexity index is 1150. The van der Waals surface area contributed by atoms with Gasteiger partial charge in [0.15, 0.2) is 22.5 Å². The SMILES string of the molecule is COc1ccccc1Oc1c(Cl)ncnc1NS(=O)(=O)c1ccc(C(C)(C)C)cc1.[KH]. The molecular weight excluding hydrogens is 465 g/mol. The topological polar surface area (TPSA) is 90.4 Å². The second-order valence-electron chi connectivity index (χ2n) is 7.48. The Morgan fingerprint density at radius 3 is 2.16 bits per heavy atom. The molecule has 160 valence electrons. The van der Waals surface area contributed by atoms with E-state index >= 15 is 0 Å². The van der Waals surface area contributed by atoms with E-state index in [0.29, 0.717) is 11.5 Å². The number of benzene rings is 2. The Balaban J connectivity index is 0.00000341. The number of rotatable bonds is 6. The maximum absolute atomic E-state index is 12.9. The van der Waals surface area contributed by atoms with E-state index in [2.05, 4.69) is 35.5 Å². The van der Waals surface area contributed by atoms with E-state index in [0.717, 1.165) is 11.9 Å². The van der Waals surface area contributed by atoms with Gasteiger partial charge in [0.05, 0.1) is 12.0 Å². The fraction of sp³-hybridized carbons (Fsp3) is 0.238. The van der Waals surface area contributed by atoms with Gasteiger partial charge in [0.1, 0.15) is 6.33 Å². The predicted molar refractivity (Wildman–Crippen MR) is 123 cm³/mol. The van der Waals surface area contributed by atoms with E-state index in [-0.39, 0.29) is 78.4 Å². The summed E-state index contributed by atoms with van der Waals surface area (Å²) in [6.45, 7) is 6.16. The van der Waals surface area contributed by atoms with E-state index in [9.17, 15) is 8.42 Å². The van der Waals surface area contributed by atoms with Crippen molar-refractivity contribution in [1.29, 1.82) is 0 Å². The number of nitrogens with one attached hydrogen (secondary N) is 1. The molecule has 0 atom stereocenters. The van der Waals surface area contributed by atoms with Gasteiger partial charge in [-0.3, -0.25) is 4.72 Å². The van der Waals surface area contributed by atoms with Crippen LogP contribution >= 0.6 is 11.6 Å². The summed E-state index contributed by atoms with van der Waals surface area (Å²) in [6.07, 6.45) is 1.15. The molecule has 1 heterocycles. The Kier molecular flexibility index (Phi) is 8.92. The number of anilines is 1. The molecule has 0 aliphatic rings. The fourth-order valence-electron chi connectivity index (χ4n) is 2.65. The monoisotopic (exact) mass is 487 g/mol. The van der Waals surface area contributed by atoms with Crippen LogP contribution < -0.4 is 14.2 Å². The van der Waals surface area contributed by atoms with Crippen LogP contribution in [0.3, 0.4) is 0 Å². The fourth-order valence-corrected chi connectivity index (χ4v) is 3.83. The van der Waals surface area contributed by atoms with Crippen molar-refractivity contribution in [2.24, 2.45) is 0 Å². The van der Waals surface area contributed by atoms with Crippen LogP contribution in [0.25, 0.3) is 0 Å². The molecule has 31 heavy (non-hydrogen) atoms. The minimum absolute atomic E-state index is 0. The summed E-state index contributed by atoms with van der Waals surface area (Å²) in [6, 6.07) is 13.6. The number of hydrogen-bond donors (Lipinski definition) is 1. The van der Waals surface area contributed by atoms with Crippen molar-refractivity contribution < 1.29 is 17.9 Å².